The lowest BCUT2D eigenvalue weighted by Crippen LogP contribution is -2.28. The second kappa shape index (κ2) is 6.49. The van der Waals surface area contributed by atoms with Crippen LogP contribution in [0.1, 0.15) is 29.2 Å². The van der Waals surface area contributed by atoms with E-state index in [1.165, 1.54) is 32.2 Å². The minimum absolute atomic E-state index is 0.198. The zero-order valence-electron chi connectivity index (χ0n) is 12.1. The molecule has 0 radical (unpaired) electrons. The van der Waals surface area contributed by atoms with Gasteiger partial charge in [-0.15, -0.1) is 11.3 Å². The van der Waals surface area contributed by atoms with Crippen LogP contribution in [0.4, 0.5) is 17.6 Å². The first kappa shape index (κ1) is 17.1. The van der Waals surface area contributed by atoms with Crippen molar-refractivity contribution in [3.8, 4) is 0 Å². The number of thiophene rings is 1. The molecule has 1 N–H and O–H groups in total. The quantitative estimate of drug-likeness (QED) is 0.524. The Kier molecular flexibility index (Phi) is 4.83. The molecular formula is C13H12F4N4OS. The van der Waals surface area contributed by atoms with Crippen molar-refractivity contribution in [3.05, 3.63) is 39.6 Å². The number of nitrogens with one attached hydrogen (secondary N) is 1. The number of alkyl halides is 3. The van der Waals surface area contributed by atoms with Crippen LogP contribution in [-0.2, 0) is 11.0 Å². The third kappa shape index (κ3) is 4.15. The highest BCUT2D eigenvalue weighted by molar-refractivity contribution is 7.12. The molecule has 0 bridgehead atoms. The number of halogens is 4. The summed E-state index contributed by atoms with van der Waals surface area (Å²) in [5, 5.41) is 6.65. The van der Waals surface area contributed by atoms with Crippen LogP contribution in [0.5, 0.6) is 0 Å². The van der Waals surface area contributed by atoms with E-state index < -0.39 is 29.0 Å². The van der Waals surface area contributed by atoms with E-state index in [0.717, 1.165) is 22.1 Å². The summed E-state index contributed by atoms with van der Waals surface area (Å²) in [6.45, 7) is 2.82. The van der Waals surface area contributed by atoms with Crippen LogP contribution in [0.3, 0.4) is 0 Å². The second-order valence-electron chi connectivity index (χ2n) is 4.67. The highest BCUT2D eigenvalue weighted by Crippen LogP contribution is 2.29. The lowest BCUT2D eigenvalue weighted by Gasteiger charge is -2.12. The fourth-order valence-electron chi connectivity index (χ4n) is 1.78. The first-order valence-corrected chi connectivity index (χ1v) is 7.21. The Morgan fingerprint density at radius 1 is 1.48 bits per heavy atom. The number of hydrogen-bond donors (Lipinski definition) is 1. The van der Waals surface area contributed by atoms with Crippen LogP contribution in [0.2, 0.25) is 0 Å². The Labute approximate surface area is 132 Å². The topological polar surface area (TPSA) is 59.3 Å². The van der Waals surface area contributed by atoms with Crippen LogP contribution < -0.4 is 5.43 Å². The summed E-state index contributed by atoms with van der Waals surface area (Å²) >= 11 is 0.843. The molecule has 0 saturated heterocycles. The normalized spacial score (nSPS) is 13.5. The summed E-state index contributed by atoms with van der Waals surface area (Å²) in [4.78, 5) is 12.4. The first-order chi connectivity index (χ1) is 10.7. The van der Waals surface area contributed by atoms with Crippen molar-refractivity contribution in [2.75, 3.05) is 0 Å². The number of carbonyl (C=O) groups excluding carboxylic acids is 1. The molecule has 0 spiro atoms. The lowest BCUT2D eigenvalue weighted by atomic mass is 10.3. The number of nitrogens with zero attached hydrogens (tertiary/aromatic N) is 3. The lowest BCUT2D eigenvalue weighted by molar-refractivity contribution is -0.142. The molecule has 2 aromatic rings. The van der Waals surface area contributed by atoms with Crippen LogP contribution in [0, 0.1) is 12.1 Å². The summed E-state index contributed by atoms with van der Waals surface area (Å²) in [6, 6.07) is 2.61. The van der Waals surface area contributed by atoms with Gasteiger partial charge in [-0.1, -0.05) is 0 Å². The highest BCUT2D eigenvalue weighted by Gasteiger charge is 2.35. The Bertz CT molecular complexity index is 735. The molecule has 1 amide bonds. The summed E-state index contributed by atoms with van der Waals surface area (Å²) in [5.41, 5.74) is 1.32. The van der Waals surface area contributed by atoms with Gasteiger partial charge in [-0.25, -0.2) is 5.43 Å². The number of hydrazone groups is 1. The largest absolute Gasteiger partial charge is 0.435 e. The molecule has 0 aromatic carbocycles. The maximum absolute atomic E-state index is 12.8. The minimum Gasteiger partial charge on any atom is -0.271 e. The van der Waals surface area contributed by atoms with Crippen molar-refractivity contribution in [2.45, 2.75) is 26.1 Å². The second-order valence-corrected chi connectivity index (χ2v) is 5.73. The third-order valence-corrected chi connectivity index (χ3v) is 3.73. The number of hydrogen-bond acceptors (Lipinski definition) is 4. The number of amides is 1. The zero-order valence-corrected chi connectivity index (χ0v) is 12.9. The van der Waals surface area contributed by atoms with Crippen molar-refractivity contribution in [3.63, 3.8) is 0 Å². The van der Waals surface area contributed by atoms with Crippen molar-refractivity contribution in [1.82, 2.24) is 15.2 Å². The van der Waals surface area contributed by atoms with Gasteiger partial charge in [0.1, 0.15) is 6.04 Å². The van der Waals surface area contributed by atoms with Gasteiger partial charge in [-0.05, 0) is 32.0 Å². The van der Waals surface area contributed by atoms with Gasteiger partial charge in [0.25, 0.3) is 5.91 Å². The molecule has 1 atom stereocenters. The van der Waals surface area contributed by atoms with E-state index in [1.807, 2.05) is 0 Å². The van der Waals surface area contributed by atoms with Gasteiger partial charge in [0, 0.05) is 5.69 Å². The first-order valence-electron chi connectivity index (χ1n) is 6.40. The number of aryl methyl sites for hydroxylation is 1. The standard InChI is InChI=1S/C13H12F4N4OS/c1-7-5-10(13(15,16)17)20-21(7)8(2)12(22)19-18-6-9-3-4-11(14)23-9/h3-6,8H,1-2H3,(H,19,22)/b18-6+. The molecule has 2 heterocycles. The molecule has 23 heavy (non-hydrogen) atoms. The predicted molar refractivity (Wildman–Crippen MR) is 76.7 cm³/mol. The van der Waals surface area contributed by atoms with E-state index in [-0.39, 0.29) is 5.69 Å². The molecule has 0 aliphatic carbocycles. The van der Waals surface area contributed by atoms with Crippen molar-refractivity contribution < 1.29 is 22.4 Å². The predicted octanol–water partition coefficient (Wildman–Crippen LogP) is 3.12. The minimum atomic E-state index is -4.58. The zero-order chi connectivity index (χ0) is 17.2. The monoisotopic (exact) mass is 348 g/mol. The van der Waals surface area contributed by atoms with E-state index in [4.69, 9.17) is 0 Å². The van der Waals surface area contributed by atoms with Gasteiger partial charge in [0.2, 0.25) is 0 Å². The van der Waals surface area contributed by atoms with Gasteiger partial charge in [0.05, 0.1) is 11.1 Å². The molecule has 0 aliphatic heterocycles. The van der Waals surface area contributed by atoms with Crippen LogP contribution in [-0.4, -0.2) is 21.9 Å². The number of carbonyl (C=O) groups is 1. The molecule has 5 nitrogen and oxygen atoms in total. The molecule has 0 aliphatic rings. The Balaban J connectivity index is 2.05. The third-order valence-electron chi connectivity index (χ3n) is 2.92. The van der Waals surface area contributed by atoms with Crippen molar-refractivity contribution in [2.24, 2.45) is 5.10 Å². The Morgan fingerprint density at radius 2 is 2.17 bits per heavy atom. The number of aromatic nitrogens is 2. The molecule has 10 heteroatoms. The van der Waals surface area contributed by atoms with Gasteiger partial charge < -0.3 is 0 Å². The van der Waals surface area contributed by atoms with Crippen LogP contribution >= 0.6 is 11.3 Å². The Morgan fingerprint density at radius 3 is 2.70 bits per heavy atom. The van der Waals surface area contributed by atoms with E-state index in [2.05, 4.69) is 15.6 Å². The smallest absolute Gasteiger partial charge is 0.271 e. The average Bonchev–Trinajstić information content (AvgIpc) is 3.03. The molecule has 1 unspecified atom stereocenters. The highest BCUT2D eigenvalue weighted by atomic mass is 32.1. The summed E-state index contributed by atoms with van der Waals surface area (Å²) in [7, 11) is 0. The molecule has 2 rings (SSSR count). The SMILES string of the molecule is Cc1cc(C(F)(F)F)nn1C(C)C(=O)N/N=C/c1ccc(F)s1. The van der Waals surface area contributed by atoms with E-state index >= 15 is 0 Å². The van der Waals surface area contributed by atoms with Crippen LogP contribution in [0.25, 0.3) is 0 Å². The fourth-order valence-corrected chi connectivity index (χ4v) is 2.38. The fraction of sp³-hybridized carbons (Fsp3) is 0.308. The van der Waals surface area contributed by atoms with E-state index in [0.29, 0.717) is 4.88 Å². The Hall–Kier alpha value is -2.23. The van der Waals surface area contributed by atoms with Gasteiger partial charge in [0.15, 0.2) is 10.8 Å². The van der Waals surface area contributed by atoms with Gasteiger partial charge in [-0.2, -0.15) is 27.8 Å². The summed E-state index contributed by atoms with van der Waals surface area (Å²) < 4.78 is 51.6. The number of rotatable bonds is 4. The molecule has 0 fully saturated rings. The van der Waals surface area contributed by atoms with E-state index in [1.54, 1.807) is 0 Å². The van der Waals surface area contributed by atoms with Gasteiger partial charge >= 0.3 is 6.18 Å². The molecular weight excluding hydrogens is 336 g/mol. The van der Waals surface area contributed by atoms with Crippen molar-refractivity contribution in [1.29, 1.82) is 0 Å². The summed E-state index contributed by atoms with van der Waals surface area (Å²) in [6.07, 6.45) is -3.33. The average molecular weight is 348 g/mol. The molecule has 124 valence electrons. The molecule has 2 aromatic heterocycles. The van der Waals surface area contributed by atoms with Crippen molar-refractivity contribution >= 4 is 23.5 Å². The van der Waals surface area contributed by atoms with Gasteiger partial charge in [-0.3, -0.25) is 9.48 Å². The van der Waals surface area contributed by atoms with E-state index in [9.17, 15) is 22.4 Å². The summed E-state index contributed by atoms with van der Waals surface area (Å²) in [5.74, 6) is -0.641. The maximum atomic E-state index is 12.8. The van der Waals surface area contributed by atoms with Crippen LogP contribution in [0.15, 0.2) is 23.3 Å². The maximum Gasteiger partial charge on any atom is 0.435 e. The molecule has 0 saturated carbocycles.